The number of carbonyl (C=O) groups excluding carboxylic acids is 2. The Balaban J connectivity index is 1.99. The van der Waals surface area contributed by atoms with Gasteiger partial charge in [-0.3, -0.25) is 9.59 Å². The van der Waals surface area contributed by atoms with Crippen molar-refractivity contribution in [3.05, 3.63) is 0 Å². The van der Waals surface area contributed by atoms with Gasteiger partial charge in [0, 0.05) is 13.1 Å². The van der Waals surface area contributed by atoms with E-state index in [1.165, 1.54) is 7.11 Å². The Hall–Kier alpha value is -1.57. The summed E-state index contributed by atoms with van der Waals surface area (Å²) in [5.74, 6) is -0.586. The molecule has 1 saturated heterocycles. The van der Waals surface area contributed by atoms with E-state index in [2.05, 4.69) is 10.8 Å². The Kier molecular flexibility index (Phi) is 3.05. The number of carbonyl (C=O) groups is 2. The van der Waals surface area contributed by atoms with E-state index in [-0.39, 0.29) is 17.8 Å². The SMILES string of the molecule is COC(=O)C1CCN(C(=O)C2(C#N)CCC2)C1. The van der Waals surface area contributed by atoms with Crippen molar-refractivity contribution in [2.24, 2.45) is 11.3 Å². The maximum absolute atomic E-state index is 12.2. The zero-order valence-electron chi connectivity index (χ0n) is 9.94. The maximum atomic E-state index is 12.2. The molecule has 1 amide bonds. The van der Waals surface area contributed by atoms with Gasteiger partial charge in [-0.1, -0.05) is 0 Å². The van der Waals surface area contributed by atoms with Gasteiger partial charge in [0.05, 0.1) is 19.1 Å². The molecule has 1 aliphatic carbocycles. The fourth-order valence-corrected chi connectivity index (χ4v) is 2.51. The van der Waals surface area contributed by atoms with E-state index in [1.54, 1.807) is 4.90 Å². The first-order chi connectivity index (χ1) is 8.13. The van der Waals surface area contributed by atoms with Crippen molar-refractivity contribution in [1.82, 2.24) is 4.90 Å². The largest absolute Gasteiger partial charge is 0.469 e. The van der Waals surface area contributed by atoms with E-state index in [4.69, 9.17) is 5.26 Å². The molecule has 92 valence electrons. The molecule has 1 aliphatic heterocycles. The molecule has 1 heterocycles. The second-order valence-corrected chi connectivity index (χ2v) is 4.81. The summed E-state index contributed by atoms with van der Waals surface area (Å²) >= 11 is 0. The molecule has 0 spiro atoms. The average Bonchev–Trinajstić information content (AvgIpc) is 2.76. The van der Waals surface area contributed by atoms with Crippen LogP contribution in [-0.4, -0.2) is 37.0 Å². The number of ether oxygens (including phenoxy) is 1. The molecule has 1 atom stereocenters. The highest BCUT2D eigenvalue weighted by molar-refractivity contribution is 5.87. The van der Waals surface area contributed by atoms with Gasteiger partial charge in [-0.25, -0.2) is 0 Å². The van der Waals surface area contributed by atoms with Crippen molar-refractivity contribution in [2.75, 3.05) is 20.2 Å². The van der Waals surface area contributed by atoms with Crippen molar-refractivity contribution in [3.8, 4) is 6.07 Å². The number of likely N-dealkylation sites (tertiary alicyclic amines) is 1. The van der Waals surface area contributed by atoms with Crippen LogP contribution < -0.4 is 0 Å². The molecule has 2 rings (SSSR count). The Labute approximate surface area is 100 Å². The van der Waals surface area contributed by atoms with Crippen LogP contribution in [0.15, 0.2) is 0 Å². The van der Waals surface area contributed by atoms with Crippen LogP contribution in [-0.2, 0) is 14.3 Å². The Morgan fingerprint density at radius 3 is 2.65 bits per heavy atom. The summed E-state index contributed by atoms with van der Waals surface area (Å²) in [6.45, 7) is 0.955. The van der Waals surface area contributed by atoms with E-state index < -0.39 is 5.41 Å². The molecule has 17 heavy (non-hydrogen) atoms. The number of amides is 1. The quantitative estimate of drug-likeness (QED) is 0.662. The number of hydrogen-bond donors (Lipinski definition) is 0. The summed E-state index contributed by atoms with van der Waals surface area (Å²) in [6.07, 6.45) is 2.89. The van der Waals surface area contributed by atoms with Crippen molar-refractivity contribution in [1.29, 1.82) is 5.26 Å². The molecule has 0 aromatic heterocycles. The van der Waals surface area contributed by atoms with Gasteiger partial charge in [0.15, 0.2) is 0 Å². The Morgan fingerprint density at radius 2 is 2.18 bits per heavy atom. The number of esters is 1. The molecule has 0 bridgehead atoms. The Bertz CT molecular complexity index is 382. The first-order valence-electron chi connectivity index (χ1n) is 5.91. The molecule has 2 fully saturated rings. The van der Waals surface area contributed by atoms with Gasteiger partial charge in [0.1, 0.15) is 5.41 Å². The van der Waals surface area contributed by atoms with Crippen molar-refractivity contribution in [2.45, 2.75) is 25.7 Å². The molecule has 0 aromatic rings. The van der Waals surface area contributed by atoms with E-state index >= 15 is 0 Å². The fourth-order valence-electron chi connectivity index (χ4n) is 2.51. The number of rotatable bonds is 2. The van der Waals surface area contributed by atoms with Gasteiger partial charge >= 0.3 is 5.97 Å². The molecule has 0 N–H and O–H groups in total. The minimum absolute atomic E-state index is 0.0994. The molecular formula is C12H16N2O3. The first kappa shape index (κ1) is 11.9. The summed E-state index contributed by atoms with van der Waals surface area (Å²) in [5.41, 5.74) is -0.801. The highest BCUT2D eigenvalue weighted by atomic mass is 16.5. The lowest BCUT2D eigenvalue weighted by molar-refractivity contribution is -0.146. The van der Waals surface area contributed by atoms with Crippen molar-refractivity contribution in [3.63, 3.8) is 0 Å². The second kappa shape index (κ2) is 4.36. The lowest BCUT2D eigenvalue weighted by Crippen LogP contribution is -2.46. The topological polar surface area (TPSA) is 70.4 Å². The number of methoxy groups -OCH3 is 1. The zero-order chi connectivity index (χ0) is 12.5. The van der Waals surface area contributed by atoms with Gasteiger partial charge < -0.3 is 9.64 Å². The number of nitrogens with zero attached hydrogens (tertiary/aromatic N) is 2. The summed E-state index contributed by atoms with van der Waals surface area (Å²) in [6, 6.07) is 2.14. The van der Waals surface area contributed by atoms with Crippen LogP contribution in [0.1, 0.15) is 25.7 Å². The van der Waals surface area contributed by atoms with Crippen molar-refractivity contribution >= 4 is 11.9 Å². The maximum Gasteiger partial charge on any atom is 0.310 e. The third kappa shape index (κ3) is 1.88. The third-order valence-corrected chi connectivity index (χ3v) is 3.84. The highest BCUT2D eigenvalue weighted by Gasteiger charge is 2.48. The molecule has 5 heteroatoms. The third-order valence-electron chi connectivity index (χ3n) is 3.84. The fraction of sp³-hybridized carbons (Fsp3) is 0.750. The van der Waals surface area contributed by atoms with Gasteiger partial charge in [0.2, 0.25) is 5.91 Å². The van der Waals surface area contributed by atoms with Crippen LogP contribution >= 0.6 is 0 Å². The summed E-state index contributed by atoms with van der Waals surface area (Å²) in [7, 11) is 1.36. The van der Waals surface area contributed by atoms with Crippen LogP contribution in [0.5, 0.6) is 0 Å². The van der Waals surface area contributed by atoms with Gasteiger partial charge in [-0.2, -0.15) is 5.26 Å². The zero-order valence-corrected chi connectivity index (χ0v) is 9.94. The minimum Gasteiger partial charge on any atom is -0.469 e. The monoisotopic (exact) mass is 236 g/mol. The lowest BCUT2D eigenvalue weighted by atomic mass is 9.69. The van der Waals surface area contributed by atoms with Gasteiger partial charge in [-0.15, -0.1) is 0 Å². The smallest absolute Gasteiger partial charge is 0.310 e. The normalized spacial score (nSPS) is 25.9. The molecule has 1 saturated carbocycles. The Morgan fingerprint density at radius 1 is 1.47 bits per heavy atom. The van der Waals surface area contributed by atoms with E-state index in [0.717, 1.165) is 6.42 Å². The predicted octanol–water partition coefficient (Wildman–Crippen LogP) is 0.702. The van der Waals surface area contributed by atoms with E-state index in [0.29, 0.717) is 32.4 Å². The van der Waals surface area contributed by atoms with Crippen LogP contribution in [0, 0.1) is 22.7 Å². The number of hydrogen-bond acceptors (Lipinski definition) is 4. The van der Waals surface area contributed by atoms with Gasteiger partial charge in [-0.05, 0) is 25.7 Å². The summed E-state index contributed by atoms with van der Waals surface area (Å²) in [5, 5.41) is 9.10. The van der Waals surface area contributed by atoms with E-state index in [1.807, 2.05) is 0 Å². The lowest BCUT2D eigenvalue weighted by Gasteiger charge is -2.36. The van der Waals surface area contributed by atoms with Gasteiger partial charge in [0.25, 0.3) is 0 Å². The summed E-state index contributed by atoms with van der Waals surface area (Å²) in [4.78, 5) is 25.2. The molecule has 0 aromatic carbocycles. The van der Waals surface area contributed by atoms with Crippen LogP contribution in [0.25, 0.3) is 0 Å². The molecule has 1 unspecified atom stereocenters. The first-order valence-corrected chi connectivity index (χ1v) is 5.91. The molecular weight excluding hydrogens is 220 g/mol. The number of nitriles is 1. The molecule has 5 nitrogen and oxygen atoms in total. The average molecular weight is 236 g/mol. The van der Waals surface area contributed by atoms with Crippen molar-refractivity contribution < 1.29 is 14.3 Å². The van der Waals surface area contributed by atoms with E-state index in [9.17, 15) is 9.59 Å². The van der Waals surface area contributed by atoms with Crippen LogP contribution in [0.3, 0.4) is 0 Å². The van der Waals surface area contributed by atoms with Crippen LogP contribution in [0.2, 0.25) is 0 Å². The highest BCUT2D eigenvalue weighted by Crippen LogP contribution is 2.42. The summed E-state index contributed by atoms with van der Waals surface area (Å²) < 4.78 is 4.67. The standard InChI is InChI=1S/C12H16N2O3/c1-17-10(15)9-3-6-14(7-9)11(16)12(8-13)4-2-5-12/h9H,2-7H2,1H3. The minimum atomic E-state index is -0.801. The predicted molar refractivity (Wildman–Crippen MR) is 58.6 cm³/mol. The van der Waals surface area contributed by atoms with Crippen LogP contribution in [0.4, 0.5) is 0 Å². The molecule has 0 radical (unpaired) electrons. The molecule has 2 aliphatic rings. The second-order valence-electron chi connectivity index (χ2n) is 4.81.